The van der Waals surface area contributed by atoms with Crippen molar-refractivity contribution in [1.29, 1.82) is 0 Å². The van der Waals surface area contributed by atoms with Crippen LogP contribution in [0.3, 0.4) is 0 Å². The van der Waals surface area contributed by atoms with Crippen LogP contribution >= 0.6 is 0 Å². The molecule has 27 heavy (non-hydrogen) atoms. The molecule has 8 heteroatoms. The zero-order valence-corrected chi connectivity index (χ0v) is 15.0. The zero-order valence-electron chi connectivity index (χ0n) is 15.0. The second-order valence-corrected chi connectivity index (χ2v) is 7.17. The molecule has 8 nitrogen and oxygen atoms in total. The summed E-state index contributed by atoms with van der Waals surface area (Å²) in [5.74, 6) is -1.10. The SMILES string of the molecule is C[C@H]1CCCC[C@H]1N1C(=O)C(=O)N(CC(=O)c2ccc3c(c2)OCO3)C1=O. The number of amides is 4. The summed E-state index contributed by atoms with van der Waals surface area (Å²) in [6.07, 6.45) is 3.56. The number of hydrogen-bond donors (Lipinski definition) is 0. The van der Waals surface area contributed by atoms with Crippen LogP contribution in [-0.4, -0.2) is 52.8 Å². The van der Waals surface area contributed by atoms with Crippen LogP contribution in [0.15, 0.2) is 18.2 Å². The molecule has 0 radical (unpaired) electrons. The quantitative estimate of drug-likeness (QED) is 0.456. The molecule has 0 aromatic heterocycles. The Bertz CT molecular complexity index is 835. The number of ketones is 1. The first kappa shape index (κ1) is 17.5. The molecular weight excluding hydrogens is 352 g/mol. The van der Waals surface area contributed by atoms with E-state index in [2.05, 4.69) is 0 Å². The molecule has 2 fully saturated rings. The van der Waals surface area contributed by atoms with Crippen molar-refractivity contribution in [2.75, 3.05) is 13.3 Å². The number of fused-ring (bicyclic) bond motifs is 1. The summed E-state index contributed by atoms with van der Waals surface area (Å²) < 4.78 is 10.4. The van der Waals surface area contributed by atoms with E-state index in [1.807, 2.05) is 6.92 Å². The topological polar surface area (TPSA) is 93.2 Å². The Morgan fingerprint density at radius 2 is 1.81 bits per heavy atom. The van der Waals surface area contributed by atoms with Gasteiger partial charge in [0.25, 0.3) is 0 Å². The molecule has 1 aromatic carbocycles. The fraction of sp³-hybridized carbons (Fsp3) is 0.474. The maximum atomic E-state index is 12.7. The molecule has 4 amide bonds. The van der Waals surface area contributed by atoms with E-state index in [9.17, 15) is 19.2 Å². The van der Waals surface area contributed by atoms with E-state index in [1.54, 1.807) is 12.1 Å². The zero-order chi connectivity index (χ0) is 19.1. The summed E-state index contributed by atoms with van der Waals surface area (Å²) in [6, 6.07) is 3.68. The van der Waals surface area contributed by atoms with Crippen molar-refractivity contribution in [2.24, 2.45) is 5.92 Å². The first-order valence-electron chi connectivity index (χ1n) is 9.09. The van der Waals surface area contributed by atoms with Crippen LogP contribution in [-0.2, 0) is 9.59 Å². The summed E-state index contributed by atoms with van der Waals surface area (Å²) in [7, 11) is 0. The van der Waals surface area contributed by atoms with Crippen LogP contribution in [0.25, 0.3) is 0 Å². The number of carbonyl (C=O) groups is 4. The summed E-state index contributed by atoms with van der Waals surface area (Å²) in [5.41, 5.74) is 0.289. The number of ether oxygens (including phenoxy) is 2. The first-order chi connectivity index (χ1) is 13.0. The van der Waals surface area contributed by atoms with Crippen LogP contribution in [0.5, 0.6) is 11.5 Å². The Morgan fingerprint density at radius 3 is 2.59 bits per heavy atom. The van der Waals surface area contributed by atoms with Crippen LogP contribution in [0, 0.1) is 5.92 Å². The van der Waals surface area contributed by atoms with Crippen LogP contribution in [0.1, 0.15) is 43.0 Å². The molecule has 1 aromatic rings. The van der Waals surface area contributed by atoms with Gasteiger partial charge in [-0.25, -0.2) is 9.69 Å². The van der Waals surface area contributed by atoms with Gasteiger partial charge in [0.15, 0.2) is 17.3 Å². The number of carbonyl (C=O) groups excluding carboxylic acids is 4. The average Bonchev–Trinajstić information content (AvgIpc) is 3.21. The minimum Gasteiger partial charge on any atom is -0.454 e. The third kappa shape index (κ3) is 2.94. The number of nitrogens with zero attached hydrogens (tertiary/aromatic N) is 2. The first-order valence-corrected chi connectivity index (χ1v) is 9.09. The van der Waals surface area contributed by atoms with Gasteiger partial charge in [-0.05, 0) is 37.0 Å². The summed E-state index contributed by atoms with van der Waals surface area (Å²) in [6.45, 7) is 1.59. The van der Waals surface area contributed by atoms with Gasteiger partial charge >= 0.3 is 17.8 Å². The van der Waals surface area contributed by atoms with Gasteiger partial charge in [-0.2, -0.15) is 0 Å². The van der Waals surface area contributed by atoms with Crippen LogP contribution in [0.4, 0.5) is 4.79 Å². The molecule has 2 aliphatic heterocycles. The Balaban J connectivity index is 1.52. The standard InChI is InChI=1S/C19H20N2O6/c1-11-4-2-3-5-13(11)21-18(24)17(23)20(19(21)25)9-14(22)12-6-7-15-16(8-12)27-10-26-15/h6-8,11,13H,2-5,9-10H2,1H3/t11-,13+/m0/s1. The van der Waals surface area contributed by atoms with E-state index in [0.717, 1.165) is 29.1 Å². The van der Waals surface area contributed by atoms with Gasteiger partial charge < -0.3 is 9.47 Å². The van der Waals surface area contributed by atoms with E-state index in [-0.39, 0.29) is 24.3 Å². The van der Waals surface area contributed by atoms with Gasteiger partial charge in [-0.3, -0.25) is 19.3 Å². The third-order valence-corrected chi connectivity index (χ3v) is 5.48. The van der Waals surface area contributed by atoms with Crippen molar-refractivity contribution in [3.05, 3.63) is 23.8 Å². The maximum Gasteiger partial charge on any atom is 0.334 e. The highest BCUT2D eigenvalue weighted by atomic mass is 16.7. The highest BCUT2D eigenvalue weighted by Crippen LogP contribution is 2.33. The lowest BCUT2D eigenvalue weighted by Gasteiger charge is -2.34. The molecule has 142 valence electrons. The number of rotatable bonds is 4. The predicted molar refractivity (Wildman–Crippen MR) is 92.3 cm³/mol. The monoisotopic (exact) mass is 372 g/mol. The van der Waals surface area contributed by atoms with Gasteiger partial charge in [-0.15, -0.1) is 0 Å². The lowest BCUT2D eigenvalue weighted by Crippen LogP contribution is -2.46. The fourth-order valence-corrected chi connectivity index (χ4v) is 3.94. The number of imide groups is 2. The Kier molecular flexibility index (Phi) is 4.33. The molecule has 0 spiro atoms. The molecule has 2 atom stereocenters. The van der Waals surface area contributed by atoms with Crippen molar-refractivity contribution >= 4 is 23.6 Å². The molecule has 0 bridgehead atoms. The molecule has 1 saturated carbocycles. The highest BCUT2D eigenvalue weighted by Gasteiger charge is 2.49. The van der Waals surface area contributed by atoms with Crippen molar-refractivity contribution < 1.29 is 28.7 Å². The van der Waals surface area contributed by atoms with E-state index < -0.39 is 30.2 Å². The molecule has 0 N–H and O–H groups in total. The molecule has 0 unspecified atom stereocenters. The number of urea groups is 1. The van der Waals surface area contributed by atoms with Crippen molar-refractivity contribution in [3.63, 3.8) is 0 Å². The second kappa shape index (κ2) is 6.68. The molecule has 2 heterocycles. The minimum atomic E-state index is -0.938. The van der Waals surface area contributed by atoms with E-state index in [0.29, 0.717) is 17.9 Å². The van der Waals surface area contributed by atoms with Gasteiger partial charge in [-0.1, -0.05) is 19.8 Å². The molecular formula is C19H20N2O6. The van der Waals surface area contributed by atoms with Gasteiger partial charge in [0, 0.05) is 11.6 Å². The van der Waals surface area contributed by atoms with Gasteiger partial charge in [0.1, 0.15) is 0 Å². The van der Waals surface area contributed by atoms with Crippen LogP contribution in [0.2, 0.25) is 0 Å². The van der Waals surface area contributed by atoms with E-state index >= 15 is 0 Å². The molecule has 4 rings (SSSR count). The molecule has 3 aliphatic rings. The number of Topliss-reactive ketones (excluding diaryl/α,β-unsaturated/α-hetero) is 1. The second-order valence-electron chi connectivity index (χ2n) is 7.17. The molecule has 1 aliphatic carbocycles. The lowest BCUT2D eigenvalue weighted by molar-refractivity contribution is -0.144. The van der Waals surface area contributed by atoms with Gasteiger partial charge in [0.05, 0.1) is 6.54 Å². The smallest absolute Gasteiger partial charge is 0.334 e. The Hall–Kier alpha value is -2.90. The van der Waals surface area contributed by atoms with Crippen LogP contribution < -0.4 is 9.47 Å². The summed E-state index contributed by atoms with van der Waals surface area (Å²) in [4.78, 5) is 51.9. The largest absolute Gasteiger partial charge is 0.454 e. The highest BCUT2D eigenvalue weighted by molar-refractivity contribution is 6.45. The van der Waals surface area contributed by atoms with Gasteiger partial charge in [0.2, 0.25) is 6.79 Å². The minimum absolute atomic E-state index is 0.0824. The number of hydrogen-bond acceptors (Lipinski definition) is 6. The molecule has 1 saturated heterocycles. The predicted octanol–water partition coefficient (Wildman–Crippen LogP) is 1.97. The Labute approximate surface area is 156 Å². The number of benzene rings is 1. The average molecular weight is 372 g/mol. The summed E-state index contributed by atoms with van der Waals surface area (Å²) >= 11 is 0. The normalized spacial score (nSPS) is 24.7. The van der Waals surface area contributed by atoms with E-state index in [1.165, 1.54) is 6.07 Å². The lowest BCUT2D eigenvalue weighted by atomic mass is 9.85. The summed E-state index contributed by atoms with van der Waals surface area (Å²) in [5, 5.41) is 0. The maximum absolute atomic E-state index is 12.7. The van der Waals surface area contributed by atoms with Crippen molar-refractivity contribution in [2.45, 2.75) is 38.6 Å². The third-order valence-electron chi connectivity index (χ3n) is 5.48. The van der Waals surface area contributed by atoms with Crippen molar-refractivity contribution in [3.8, 4) is 11.5 Å². The van der Waals surface area contributed by atoms with Crippen molar-refractivity contribution in [1.82, 2.24) is 9.80 Å². The van der Waals surface area contributed by atoms with E-state index in [4.69, 9.17) is 9.47 Å². The fourth-order valence-electron chi connectivity index (χ4n) is 3.94. The Morgan fingerprint density at radius 1 is 1.07 bits per heavy atom.